The third-order valence-electron chi connectivity index (χ3n) is 3.49. The number of amides is 2. The minimum Gasteiger partial charge on any atom is -0.334 e. The Morgan fingerprint density at radius 2 is 2.14 bits per heavy atom. The maximum absolute atomic E-state index is 11.8. The molecule has 8 heteroatoms. The molecule has 2 heterocycles. The summed E-state index contributed by atoms with van der Waals surface area (Å²) in [5, 5.41) is 5.20. The molecule has 0 aliphatic carbocycles. The monoisotopic (exact) mass is 313 g/mol. The van der Waals surface area contributed by atoms with Crippen LogP contribution in [0.25, 0.3) is 0 Å². The van der Waals surface area contributed by atoms with Gasteiger partial charge in [0.05, 0.1) is 18.1 Å². The molecule has 116 valence electrons. The second kappa shape index (κ2) is 5.88. The number of H-pyrrole nitrogens is 1. The van der Waals surface area contributed by atoms with E-state index < -0.39 is 15.9 Å². The van der Waals surface area contributed by atoms with Crippen LogP contribution in [0.2, 0.25) is 0 Å². The molecule has 2 rings (SSSR count). The van der Waals surface area contributed by atoms with Gasteiger partial charge in [0.2, 0.25) is 0 Å². The molecule has 0 unspecified atom stereocenters. The standard InChI is InChI=1S/C13H19N3O4S/c1-8-5-9(2)15-12(17)11(8)6-14-13(18)16-10-3-4-21(19,20)7-10/h5,10H,3-4,6-7H2,1-2H3,(H,15,17)(H2,14,16,18)/t10-/m0/s1. The average Bonchev–Trinajstić information content (AvgIpc) is 2.67. The van der Waals surface area contributed by atoms with Crippen LogP contribution in [0.15, 0.2) is 10.9 Å². The molecule has 21 heavy (non-hydrogen) atoms. The number of carbonyl (C=O) groups excluding carboxylic acids is 1. The average molecular weight is 313 g/mol. The maximum atomic E-state index is 11.8. The summed E-state index contributed by atoms with van der Waals surface area (Å²) in [6.45, 7) is 3.70. The zero-order chi connectivity index (χ0) is 15.6. The molecule has 3 N–H and O–H groups in total. The molecule has 1 saturated heterocycles. The first-order valence-electron chi connectivity index (χ1n) is 6.71. The first-order chi connectivity index (χ1) is 9.77. The molecule has 2 amide bonds. The minimum atomic E-state index is -3.02. The smallest absolute Gasteiger partial charge is 0.315 e. The molecular formula is C13H19N3O4S. The lowest BCUT2D eigenvalue weighted by Crippen LogP contribution is -2.43. The molecule has 1 aromatic heterocycles. The number of hydrogen-bond donors (Lipinski definition) is 3. The Morgan fingerprint density at radius 1 is 1.43 bits per heavy atom. The molecule has 0 spiro atoms. The third kappa shape index (κ3) is 4.07. The van der Waals surface area contributed by atoms with Crippen LogP contribution in [0.4, 0.5) is 4.79 Å². The van der Waals surface area contributed by atoms with E-state index in [1.165, 1.54) is 0 Å². The highest BCUT2D eigenvalue weighted by molar-refractivity contribution is 7.91. The minimum absolute atomic E-state index is 0.0233. The van der Waals surface area contributed by atoms with Crippen molar-refractivity contribution >= 4 is 15.9 Å². The van der Waals surface area contributed by atoms with Crippen LogP contribution in [0.1, 0.15) is 23.2 Å². The van der Waals surface area contributed by atoms with Crippen molar-refractivity contribution in [2.24, 2.45) is 0 Å². The van der Waals surface area contributed by atoms with E-state index in [0.717, 1.165) is 11.3 Å². The lowest BCUT2D eigenvalue weighted by Gasteiger charge is -2.12. The van der Waals surface area contributed by atoms with Crippen LogP contribution in [-0.2, 0) is 16.4 Å². The van der Waals surface area contributed by atoms with Crippen molar-refractivity contribution in [3.63, 3.8) is 0 Å². The van der Waals surface area contributed by atoms with Crippen molar-refractivity contribution in [1.82, 2.24) is 15.6 Å². The lowest BCUT2D eigenvalue weighted by atomic mass is 10.1. The number of aromatic nitrogens is 1. The van der Waals surface area contributed by atoms with E-state index in [0.29, 0.717) is 12.0 Å². The van der Waals surface area contributed by atoms with Gasteiger partial charge in [0.25, 0.3) is 5.56 Å². The molecule has 1 fully saturated rings. The highest BCUT2D eigenvalue weighted by Gasteiger charge is 2.28. The molecule has 0 bridgehead atoms. The summed E-state index contributed by atoms with van der Waals surface area (Å²) in [4.78, 5) is 26.2. The van der Waals surface area contributed by atoms with Crippen LogP contribution in [0.5, 0.6) is 0 Å². The van der Waals surface area contributed by atoms with Gasteiger partial charge < -0.3 is 15.6 Å². The van der Waals surface area contributed by atoms with Crippen LogP contribution >= 0.6 is 0 Å². The van der Waals surface area contributed by atoms with Gasteiger partial charge in [0.1, 0.15) is 0 Å². The van der Waals surface area contributed by atoms with E-state index in [2.05, 4.69) is 15.6 Å². The summed E-state index contributed by atoms with van der Waals surface area (Å²) < 4.78 is 22.6. The van der Waals surface area contributed by atoms with Crippen molar-refractivity contribution in [2.45, 2.75) is 32.9 Å². The first kappa shape index (κ1) is 15.6. The second-order valence-electron chi connectivity index (χ2n) is 5.37. The maximum Gasteiger partial charge on any atom is 0.315 e. The van der Waals surface area contributed by atoms with Gasteiger partial charge in [-0.25, -0.2) is 13.2 Å². The Kier molecular flexibility index (Phi) is 4.36. The quantitative estimate of drug-likeness (QED) is 0.728. The molecule has 1 aliphatic heterocycles. The van der Waals surface area contributed by atoms with Crippen molar-refractivity contribution < 1.29 is 13.2 Å². The number of rotatable bonds is 3. The predicted molar refractivity (Wildman–Crippen MR) is 79.0 cm³/mol. The second-order valence-corrected chi connectivity index (χ2v) is 7.60. The van der Waals surface area contributed by atoms with Crippen molar-refractivity contribution in [3.8, 4) is 0 Å². The molecule has 0 aromatic carbocycles. The van der Waals surface area contributed by atoms with E-state index >= 15 is 0 Å². The van der Waals surface area contributed by atoms with E-state index in [1.807, 2.05) is 6.07 Å². The Bertz CT molecular complexity index is 709. The van der Waals surface area contributed by atoms with Crippen LogP contribution in [0, 0.1) is 13.8 Å². The topological polar surface area (TPSA) is 108 Å². The van der Waals surface area contributed by atoms with E-state index in [9.17, 15) is 18.0 Å². The number of sulfone groups is 1. The van der Waals surface area contributed by atoms with E-state index in [4.69, 9.17) is 0 Å². The zero-order valence-corrected chi connectivity index (χ0v) is 12.8. The summed E-state index contributed by atoms with van der Waals surface area (Å²) in [6, 6.07) is 1.02. The lowest BCUT2D eigenvalue weighted by molar-refractivity contribution is 0.237. The summed E-state index contributed by atoms with van der Waals surface area (Å²) in [5.74, 6) is 0.0826. The Hall–Kier alpha value is -1.83. The number of aromatic amines is 1. The number of pyridine rings is 1. The number of nitrogens with one attached hydrogen (secondary N) is 3. The zero-order valence-electron chi connectivity index (χ0n) is 12.0. The van der Waals surface area contributed by atoms with E-state index in [-0.39, 0.29) is 29.7 Å². The molecule has 1 aromatic rings. The Balaban J connectivity index is 1.92. The third-order valence-corrected chi connectivity index (χ3v) is 5.26. The summed E-state index contributed by atoms with van der Waals surface area (Å²) in [5.41, 5.74) is 1.84. The predicted octanol–water partition coefficient (Wildman–Crippen LogP) is -0.0220. The summed E-state index contributed by atoms with van der Waals surface area (Å²) >= 11 is 0. The fourth-order valence-corrected chi connectivity index (χ4v) is 4.09. The van der Waals surface area contributed by atoms with Gasteiger partial charge >= 0.3 is 6.03 Å². The molecular weight excluding hydrogens is 294 g/mol. The first-order valence-corrected chi connectivity index (χ1v) is 8.53. The molecule has 0 saturated carbocycles. The Morgan fingerprint density at radius 3 is 2.71 bits per heavy atom. The molecule has 0 radical (unpaired) electrons. The largest absolute Gasteiger partial charge is 0.334 e. The number of carbonyl (C=O) groups is 1. The van der Waals surface area contributed by atoms with Crippen LogP contribution < -0.4 is 16.2 Å². The van der Waals surface area contributed by atoms with E-state index in [1.54, 1.807) is 13.8 Å². The van der Waals surface area contributed by atoms with Crippen molar-refractivity contribution in [2.75, 3.05) is 11.5 Å². The Labute approximate surface area is 123 Å². The van der Waals surface area contributed by atoms with Gasteiger partial charge in [0, 0.05) is 17.3 Å². The van der Waals surface area contributed by atoms with Gasteiger partial charge in [-0.05, 0) is 31.9 Å². The molecule has 1 aliphatic rings. The molecule has 7 nitrogen and oxygen atoms in total. The van der Waals surface area contributed by atoms with Crippen molar-refractivity contribution in [1.29, 1.82) is 0 Å². The highest BCUT2D eigenvalue weighted by atomic mass is 32.2. The number of aryl methyl sites for hydroxylation is 2. The number of urea groups is 1. The van der Waals surface area contributed by atoms with Gasteiger partial charge in [-0.15, -0.1) is 0 Å². The SMILES string of the molecule is Cc1cc(C)c(CNC(=O)N[C@H]2CCS(=O)(=O)C2)c(=O)[nH]1. The fraction of sp³-hybridized carbons (Fsp3) is 0.538. The van der Waals surface area contributed by atoms with Gasteiger partial charge in [-0.1, -0.05) is 0 Å². The summed E-state index contributed by atoms with van der Waals surface area (Å²) in [6.07, 6.45) is 0.430. The molecule has 1 atom stereocenters. The summed E-state index contributed by atoms with van der Waals surface area (Å²) in [7, 11) is -3.02. The van der Waals surface area contributed by atoms with Gasteiger partial charge in [-0.3, -0.25) is 4.79 Å². The highest BCUT2D eigenvalue weighted by Crippen LogP contribution is 2.11. The van der Waals surface area contributed by atoms with Crippen LogP contribution in [-0.4, -0.2) is 37.0 Å². The number of hydrogen-bond acceptors (Lipinski definition) is 4. The van der Waals surface area contributed by atoms with Crippen molar-refractivity contribution in [3.05, 3.63) is 33.2 Å². The van der Waals surface area contributed by atoms with Gasteiger partial charge in [0.15, 0.2) is 9.84 Å². The fourth-order valence-electron chi connectivity index (χ4n) is 2.42. The normalized spacial score (nSPS) is 20.2. The van der Waals surface area contributed by atoms with Gasteiger partial charge in [-0.2, -0.15) is 0 Å². The van der Waals surface area contributed by atoms with Crippen LogP contribution in [0.3, 0.4) is 0 Å².